The van der Waals surface area contributed by atoms with Crippen molar-refractivity contribution in [2.75, 3.05) is 5.84 Å². The molecule has 5 heteroatoms. The zero-order valence-electron chi connectivity index (χ0n) is 7.94. The molecular formula is C9H11N5. The van der Waals surface area contributed by atoms with Crippen molar-refractivity contribution in [1.29, 1.82) is 0 Å². The van der Waals surface area contributed by atoms with Crippen LogP contribution in [0.5, 0.6) is 0 Å². The molecule has 0 radical (unpaired) electrons. The van der Waals surface area contributed by atoms with Crippen molar-refractivity contribution in [3.63, 3.8) is 0 Å². The van der Waals surface area contributed by atoms with E-state index in [1.807, 2.05) is 6.92 Å². The third-order valence-electron chi connectivity index (χ3n) is 2.52. The fourth-order valence-corrected chi connectivity index (χ4v) is 1.69. The second kappa shape index (κ2) is 2.43. The Morgan fingerprint density at radius 1 is 1.43 bits per heavy atom. The maximum Gasteiger partial charge on any atom is 0.182 e. The standard InChI is InChI=1S/C9H11N5/c1-5-12-7(6-2-3-6)8-9(13-5)14(10)4-11-8/h4,6H,2-3,10H2,1H3. The molecule has 0 spiro atoms. The van der Waals surface area contributed by atoms with Gasteiger partial charge in [0.1, 0.15) is 17.7 Å². The molecule has 1 aliphatic rings. The fourth-order valence-electron chi connectivity index (χ4n) is 1.69. The van der Waals surface area contributed by atoms with Crippen molar-refractivity contribution in [3.8, 4) is 0 Å². The van der Waals surface area contributed by atoms with E-state index in [1.54, 1.807) is 6.33 Å². The zero-order valence-corrected chi connectivity index (χ0v) is 7.94. The molecule has 5 nitrogen and oxygen atoms in total. The quantitative estimate of drug-likeness (QED) is 0.671. The number of nitrogens with zero attached hydrogens (tertiary/aromatic N) is 4. The minimum atomic E-state index is 0.578. The lowest BCUT2D eigenvalue weighted by Crippen LogP contribution is -2.08. The number of fused-ring (bicyclic) bond motifs is 1. The molecule has 1 saturated carbocycles. The minimum absolute atomic E-state index is 0.578. The number of nitrogen functional groups attached to an aromatic ring is 1. The molecule has 0 aromatic carbocycles. The molecule has 14 heavy (non-hydrogen) atoms. The molecular weight excluding hydrogens is 178 g/mol. The van der Waals surface area contributed by atoms with E-state index in [9.17, 15) is 0 Å². The van der Waals surface area contributed by atoms with Crippen molar-refractivity contribution in [2.24, 2.45) is 0 Å². The predicted octanol–water partition coefficient (Wildman–Crippen LogP) is 0.726. The normalized spacial score (nSPS) is 16.4. The van der Waals surface area contributed by atoms with E-state index < -0.39 is 0 Å². The highest BCUT2D eigenvalue weighted by molar-refractivity contribution is 5.74. The van der Waals surface area contributed by atoms with E-state index in [0.717, 1.165) is 22.7 Å². The van der Waals surface area contributed by atoms with Crippen LogP contribution in [0.25, 0.3) is 11.2 Å². The molecule has 0 aliphatic heterocycles. The first kappa shape index (κ1) is 7.73. The molecule has 2 aromatic rings. The van der Waals surface area contributed by atoms with Crippen LogP contribution in [-0.4, -0.2) is 19.6 Å². The topological polar surface area (TPSA) is 69.6 Å². The number of aryl methyl sites for hydroxylation is 1. The van der Waals surface area contributed by atoms with Crippen LogP contribution in [0.2, 0.25) is 0 Å². The highest BCUT2D eigenvalue weighted by Gasteiger charge is 2.28. The van der Waals surface area contributed by atoms with Crippen molar-refractivity contribution < 1.29 is 0 Å². The summed E-state index contributed by atoms with van der Waals surface area (Å²) in [4.78, 5) is 12.9. The third-order valence-corrected chi connectivity index (χ3v) is 2.52. The molecule has 72 valence electrons. The van der Waals surface area contributed by atoms with Crippen LogP contribution in [0.1, 0.15) is 30.3 Å². The Labute approximate surface area is 81.0 Å². The first-order valence-electron chi connectivity index (χ1n) is 4.72. The van der Waals surface area contributed by atoms with Crippen LogP contribution >= 0.6 is 0 Å². The molecule has 1 fully saturated rings. The van der Waals surface area contributed by atoms with E-state index >= 15 is 0 Å². The minimum Gasteiger partial charge on any atom is -0.336 e. The molecule has 2 N–H and O–H groups in total. The highest BCUT2D eigenvalue weighted by Crippen LogP contribution is 2.41. The number of hydrogen-bond donors (Lipinski definition) is 1. The van der Waals surface area contributed by atoms with Gasteiger partial charge in [-0.25, -0.2) is 19.6 Å². The SMILES string of the molecule is Cc1nc(C2CC2)c2ncn(N)c2n1. The van der Waals surface area contributed by atoms with Gasteiger partial charge in [0, 0.05) is 5.92 Å². The summed E-state index contributed by atoms with van der Waals surface area (Å²) >= 11 is 0. The Hall–Kier alpha value is -1.65. The van der Waals surface area contributed by atoms with Crippen LogP contribution in [0, 0.1) is 6.92 Å². The summed E-state index contributed by atoms with van der Waals surface area (Å²) in [6, 6.07) is 0. The Morgan fingerprint density at radius 3 is 2.93 bits per heavy atom. The molecule has 0 amide bonds. The van der Waals surface area contributed by atoms with E-state index in [-0.39, 0.29) is 0 Å². The van der Waals surface area contributed by atoms with Crippen LogP contribution in [0.3, 0.4) is 0 Å². The summed E-state index contributed by atoms with van der Waals surface area (Å²) in [6.07, 6.45) is 4.01. The van der Waals surface area contributed by atoms with E-state index in [1.165, 1.54) is 17.5 Å². The monoisotopic (exact) mass is 189 g/mol. The Balaban J connectivity index is 2.35. The van der Waals surface area contributed by atoms with Gasteiger partial charge in [0.05, 0.1) is 5.69 Å². The summed E-state index contributed by atoms with van der Waals surface area (Å²) in [6.45, 7) is 1.89. The number of nitrogens with two attached hydrogens (primary N) is 1. The summed E-state index contributed by atoms with van der Waals surface area (Å²) in [7, 11) is 0. The lowest BCUT2D eigenvalue weighted by atomic mass is 10.2. The molecule has 0 atom stereocenters. The largest absolute Gasteiger partial charge is 0.336 e. The zero-order chi connectivity index (χ0) is 9.71. The van der Waals surface area contributed by atoms with E-state index in [4.69, 9.17) is 5.84 Å². The average molecular weight is 189 g/mol. The van der Waals surface area contributed by atoms with Crippen molar-refractivity contribution in [1.82, 2.24) is 19.6 Å². The van der Waals surface area contributed by atoms with Crippen molar-refractivity contribution in [2.45, 2.75) is 25.7 Å². The van der Waals surface area contributed by atoms with E-state index in [0.29, 0.717) is 5.92 Å². The summed E-state index contributed by atoms with van der Waals surface area (Å²) in [5.74, 6) is 7.05. The van der Waals surface area contributed by atoms with Crippen LogP contribution < -0.4 is 5.84 Å². The molecule has 3 rings (SSSR count). The van der Waals surface area contributed by atoms with Gasteiger partial charge in [0.25, 0.3) is 0 Å². The van der Waals surface area contributed by atoms with Gasteiger partial charge in [-0.3, -0.25) is 0 Å². The van der Waals surface area contributed by atoms with Crippen molar-refractivity contribution in [3.05, 3.63) is 17.8 Å². The lowest BCUT2D eigenvalue weighted by Gasteiger charge is -2.01. The summed E-state index contributed by atoms with van der Waals surface area (Å²) in [5, 5.41) is 0. The van der Waals surface area contributed by atoms with Gasteiger partial charge < -0.3 is 5.84 Å². The number of hydrogen-bond acceptors (Lipinski definition) is 4. The molecule has 1 aliphatic carbocycles. The predicted molar refractivity (Wildman–Crippen MR) is 52.2 cm³/mol. The second-order valence-electron chi connectivity index (χ2n) is 3.75. The number of aromatic nitrogens is 4. The van der Waals surface area contributed by atoms with Gasteiger partial charge in [-0.1, -0.05) is 0 Å². The molecule has 0 saturated heterocycles. The van der Waals surface area contributed by atoms with Gasteiger partial charge in [-0.15, -0.1) is 0 Å². The van der Waals surface area contributed by atoms with Crippen LogP contribution in [0.4, 0.5) is 0 Å². The maximum absolute atomic E-state index is 5.70. The molecule has 0 unspecified atom stereocenters. The highest BCUT2D eigenvalue weighted by atomic mass is 15.3. The third kappa shape index (κ3) is 0.982. The Bertz CT molecular complexity index is 497. The Kier molecular flexibility index (Phi) is 1.34. The molecule has 2 heterocycles. The lowest BCUT2D eigenvalue weighted by molar-refractivity contribution is 0.947. The van der Waals surface area contributed by atoms with E-state index in [2.05, 4.69) is 15.0 Å². The van der Waals surface area contributed by atoms with Gasteiger partial charge in [-0.2, -0.15) is 0 Å². The first-order valence-corrected chi connectivity index (χ1v) is 4.72. The smallest absolute Gasteiger partial charge is 0.182 e. The molecule has 0 bridgehead atoms. The summed E-state index contributed by atoms with van der Waals surface area (Å²) < 4.78 is 1.45. The first-order chi connectivity index (χ1) is 6.75. The maximum atomic E-state index is 5.70. The number of rotatable bonds is 1. The van der Waals surface area contributed by atoms with Gasteiger partial charge in [0.2, 0.25) is 0 Å². The molecule has 2 aromatic heterocycles. The Morgan fingerprint density at radius 2 is 2.21 bits per heavy atom. The van der Waals surface area contributed by atoms with Gasteiger partial charge >= 0.3 is 0 Å². The number of imidazole rings is 1. The van der Waals surface area contributed by atoms with Crippen LogP contribution in [0.15, 0.2) is 6.33 Å². The van der Waals surface area contributed by atoms with Gasteiger partial charge in [-0.05, 0) is 19.8 Å². The van der Waals surface area contributed by atoms with Crippen LogP contribution in [-0.2, 0) is 0 Å². The average Bonchev–Trinajstić information content (AvgIpc) is 2.93. The fraction of sp³-hybridized carbons (Fsp3) is 0.444. The summed E-state index contributed by atoms with van der Waals surface area (Å²) in [5.41, 5.74) is 2.66. The van der Waals surface area contributed by atoms with Crippen molar-refractivity contribution >= 4 is 11.2 Å². The second-order valence-corrected chi connectivity index (χ2v) is 3.75. The van der Waals surface area contributed by atoms with Gasteiger partial charge in [0.15, 0.2) is 5.65 Å².